The molecule has 2 rings (SSSR count). The number of carbonyl (C=O) groups is 2. The van der Waals surface area contributed by atoms with Crippen molar-refractivity contribution in [1.82, 2.24) is 10.3 Å². The molecule has 6 nitrogen and oxygen atoms in total. The molecule has 0 bridgehead atoms. The van der Waals surface area contributed by atoms with E-state index in [1.807, 2.05) is 13.0 Å². The van der Waals surface area contributed by atoms with Gasteiger partial charge >= 0.3 is 12.0 Å². The van der Waals surface area contributed by atoms with Gasteiger partial charge in [-0.3, -0.25) is 4.98 Å². The zero-order valence-corrected chi connectivity index (χ0v) is 13.0. The minimum Gasteiger partial charge on any atom is -0.465 e. The fourth-order valence-corrected chi connectivity index (χ4v) is 1.95. The van der Waals surface area contributed by atoms with Crippen LogP contribution in [0.2, 0.25) is 0 Å². The molecule has 1 aromatic heterocycles. The van der Waals surface area contributed by atoms with Crippen LogP contribution in [-0.2, 0) is 11.3 Å². The molecule has 1 heterocycles. The van der Waals surface area contributed by atoms with Crippen LogP contribution in [-0.4, -0.2) is 24.1 Å². The second-order valence-corrected chi connectivity index (χ2v) is 4.88. The van der Waals surface area contributed by atoms with Gasteiger partial charge in [-0.2, -0.15) is 0 Å². The van der Waals surface area contributed by atoms with Crippen molar-refractivity contribution in [3.8, 4) is 0 Å². The molecule has 0 aliphatic carbocycles. The van der Waals surface area contributed by atoms with Crippen LogP contribution in [0.4, 0.5) is 19.3 Å². The van der Waals surface area contributed by atoms with Gasteiger partial charge in [0.15, 0.2) is 0 Å². The van der Waals surface area contributed by atoms with E-state index >= 15 is 0 Å². The van der Waals surface area contributed by atoms with Crippen molar-refractivity contribution in [3.05, 3.63) is 58.9 Å². The molecular weight excluding hydrogens is 320 g/mol. The number of urea groups is 1. The van der Waals surface area contributed by atoms with Crippen molar-refractivity contribution in [2.24, 2.45) is 0 Å². The predicted octanol–water partition coefficient (Wildman–Crippen LogP) is 2.78. The second-order valence-electron chi connectivity index (χ2n) is 4.88. The van der Waals surface area contributed by atoms with Gasteiger partial charge in [0, 0.05) is 11.8 Å². The number of nitrogens with one attached hydrogen (secondary N) is 2. The maximum Gasteiger partial charge on any atom is 0.340 e. The summed E-state index contributed by atoms with van der Waals surface area (Å²) < 4.78 is 31.7. The number of anilines is 1. The van der Waals surface area contributed by atoms with E-state index in [9.17, 15) is 18.4 Å². The number of benzene rings is 1. The molecule has 0 radical (unpaired) electrons. The lowest BCUT2D eigenvalue weighted by atomic mass is 10.2. The fourth-order valence-electron chi connectivity index (χ4n) is 1.95. The lowest BCUT2D eigenvalue weighted by Crippen LogP contribution is -2.29. The number of methoxy groups -OCH3 is 1. The highest BCUT2D eigenvalue weighted by Gasteiger charge is 2.17. The number of amides is 2. The van der Waals surface area contributed by atoms with Crippen LogP contribution in [0.1, 0.15) is 21.7 Å². The summed E-state index contributed by atoms with van der Waals surface area (Å²) >= 11 is 0. The summed E-state index contributed by atoms with van der Waals surface area (Å²) in [6.07, 6.45) is 0. The van der Waals surface area contributed by atoms with Gasteiger partial charge in [0.25, 0.3) is 0 Å². The first-order chi connectivity index (χ1) is 11.4. The Hall–Kier alpha value is -3.03. The van der Waals surface area contributed by atoms with Crippen LogP contribution in [0.3, 0.4) is 0 Å². The number of hydrogen-bond donors (Lipinski definition) is 2. The number of rotatable bonds is 4. The Balaban J connectivity index is 2.07. The predicted molar refractivity (Wildman–Crippen MR) is 82.5 cm³/mol. The third-order valence-electron chi connectivity index (χ3n) is 3.09. The zero-order valence-electron chi connectivity index (χ0n) is 13.0. The highest BCUT2D eigenvalue weighted by molar-refractivity contribution is 5.94. The number of ether oxygens (including phenoxy) is 1. The minimum atomic E-state index is -1.07. The third-order valence-corrected chi connectivity index (χ3v) is 3.09. The van der Waals surface area contributed by atoms with Crippen LogP contribution in [0.25, 0.3) is 0 Å². The summed E-state index contributed by atoms with van der Waals surface area (Å²) in [5, 5.41) is 4.70. The summed E-state index contributed by atoms with van der Waals surface area (Å²) in [6.45, 7) is 1.94. The highest BCUT2D eigenvalue weighted by Crippen LogP contribution is 2.20. The molecule has 8 heteroatoms. The zero-order chi connectivity index (χ0) is 17.7. The lowest BCUT2D eigenvalue weighted by molar-refractivity contribution is 0.0595. The van der Waals surface area contributed by atoms with Gasteiger partial charge in [-0.1, -0.05) is 6.07 Å². The van der Waals surface area contributed by atoms with E-state index in [0.717, 1.165) is 18.9 Å². The Labute approximate surface area is 136 Å². The van der Waals surface area contributed by atoms with Gasteiger partial charge in [-0.25, -0.2) is 18.4 Å². The molecule has 0 aliphatic heterocycles. The van der Waals surface area contributed by atoms with E-state index in [-0.39, 0.29) is 12.2 Å². The van der Waals surface area contributed by atoms with Crippen LogP contribution in [0.5, 0.6) is 0 Å². The Morgan fingerprint density at radius 3 is 2.62 bits per heavy atom. The molecule has 0 saturated carbocycles. The number of carbonyl (C=O) groups excluding carboxylic acids is 2. The Morgan fingerprint density at radius 2 is 1.96 bits per heavy atom. The molecule has 2 N–H and O–H groups in total. The number of pyridine rings is 1. The second kappa shape index (κ2) is 7.49. The highest BCUT2D eigenvalue weighted by atomic mass is 19.1. The molecule has 0 aliphatic rings. The van der Waals surface area contributed by atoms with Crippen LogP contribution >= 0.6 is 0 Å². The molecule has 0 fully saturated rings. The maximum atomic E-state index is 13.7. The van der Waals surface area contributed by atoms with Gasteiger partial charge in [-0.05, 0) is 25.1 Å². The van der Waals surface area contributed by atoms with Gasteiger partial charge < -0.3 is 15.4 Å². The smallest absolute Gasteiger partial charge is 0.340 e. The first-order valence-corrected chi connectivity index (χ1v) is 6.95. The molecular formula is C16H15F2N3O3. The van der Waals surface area contributed by atoms with Crippen LogP contribution in [0.15, 0.2) is 30.3 Å². The number of nitrogens with zero attached hydrogens (tertiary/aromatic N) is 1. The normalized spacial score (nSPS) is 10.2. The van der Waals surface area contributed by atoms with Gasteiger partial charge in [0.1, 0.15) is 11.6 Å². The minimum absolute atomic E-state index is 0.125. The lowest BCUT2D eigenvalue weighted by Gasteiger charge is -2.10. The van der Waals surface area contributed by atoms with Crippen LogP contribution in [0, 0.1) is 18.6 Å². The van der Waals surface area contributed by atoms with E-state index in [1.165, 1.54) is 0 Å². The van der Waals surface area contributed by atoms with Crippen molar-refractivity contribution in [3.63, 3.8) is 0 Å². The van der Waals surface area contributed by atoms with Crippen LogP contribution < -0.4 is 10.6 Å². The maximum absolute atomic E-state index is 13.7. The first kappa shape index (κ1) is 17.3. The summed E-state index contributed by atoms with van der Waals surface area (Å²) in [5.41, 5.74) is 0.600. The van der Waals surface area contributed by atoms with E-state index in [4.69, 9.17) is 0 Å². The summed E-state index contributed by atoms with van der Waals surface area (Å²) in [6, 6.07) is 5.98. The molecule has 0 spiro atoms. The van der Waals surface area contributed by atoms with E-state index in [2.05, 4.69) is 20.4 Å². The van der Waals surface area contributed by atoms with Gasteiger partial charge in [0.2, 0.25) is 0 Å². The average Bonchev–Trinajstić information content (AvgIpc) is 2.55. The number of aryl methyl sites for hydroxylation is 1. The first-order valence-electron chi connectivity index (χ1n) is 6.95. The molecule has 1 aromatic carbocycles. The van der Waals surface area contributed by atoms with E-state index in [1.54, 1.807) is 12.1 Å². The Kier molecular flexibility index (Phi) is 5.41. The molecule has 0 unspecified atom stereocenters. The fraction of sp³-hybridized carbons (Fsp3) is 0.188. The Bertz CT molecular complexity index is 781. The monoisotopic (exact) mass is 335 g/mol. The SMILES string of the molecule is COC(=O)c1cc(NC(=O)NCc2cccc(C)n2)c(F)cc1F. The molecule has 2 amide bonds. The number of aromatic nitrogens is 1. The number of esters is 1. The van der Waals surface area contributed by atoms with Gasteiger partial charge in [0.05, 0.1) is 30.6 Å². The summed E-state index contributed by atoms with van der Waals surface area (Å²) in [7, 11) is 1.07. The van der Waals surface area contributed by atoms with E-state index < -0.39 is 29.2 Å². The summed E-state index contributed by atoms with van der Waals surface area (Å²) in [4.78, 5) is 27.4. The van der Waals surface area contributed by atoms with Crippen molar-refractivity contribution in [2.45, 2.75) is 13.5 Å². The summed E-state index contributed by atoms with van der Waals surface area (Å²) in [5.74, 6) is -3.06. The molecule has 126 valence electrons. The molecule has 0 saturated heterocycles. The third kappa shape index (κ3) is 4.25. The molecule has 0 atom stereocenters. The number of hydrogen-bond acceptors (Lipinski definition) is 4. The standard InChI is InChI=1S/C16H15F2N3O3/c1-9-4-3-5-10(20-9)8-19-16(23)21-14-6-11(15(22)24-2)12(17)7-13(14)18/h3-7H,8H2,1-2H3,(H2,19,21,23). The Morgan fingerprint density at radius 1 is 1.21 bits per heavy atom. The van der Waals surface area contributed by atoms with Crippen molar-refractivity contribution < 1.29 is 23.1 Å². The molecule has 2 aromatic rings. The quantitative estimate of drug-likeness (QED) is 0.842. The average molecular weight is 335 g/mol. The van der Waals surface area contributed by atoms with Crippen molar-refractivity contribution in [1.29, 1.82) is 0 Å². The topological polar surface area (TPSA) is 80.3 Å². The number of halogens is 2. The van der Waals surface area contributed by atoms with Crippen molar-refractivity contribution >= 4 is 17.7 Å². The van der Waals surface area contributed by atoms with E-state index in [0.29, 0.717) is 11.8 Å². The largest absolute Gasteiger partial charge is 0.465 e. The van der Waals surface area contributed by atoms with Gasteiger partial charge in [-0.15, -0.1) is 0 Å². The van der Waals surface area contributed by atoms with Crippen molar-refractivity contribution in [2.75, 3.05) is 12.4 Å². The molecule has 24 heavy (non-hydrogen) atoms.